The Balaban J connectivity index is 0.929. The Morgan fingerprint density at radius 2 is 0.908 bits per heavy atom. The second kappa shape index (κ2) is 16.8. The van der Waals surface area contributed by atoms with Crippen LogP contribution in [0.3, 0.4) is 0 Å². The molecule has 0 aliphatic rings. The van der Waals surface area contributed by atoms with Crippen LogP contribution in [0, 0.1) is 0 Å². The predicted octanol–water partition coefficient (Wildman–Crippen LogP) is 18.7. The van der Waals surface area contributed by atoms with Crippen LogP contribution >= 0.6 is 11.3 Å². The van der Waals surface area contributed by atoms with Crippen molar-refractivity contribution in [1.29, 1.82) is 0 Å². The van der Waals surface area contributed by atoms with Crippen molar-refractivity contribution in [3.05, 3.63) is 249 Å². The lowest BCUT2D eigenvalue weighted by Crippen LogP contribution is -2.01. The molecule has 0 saturated heterocycles. The lowest BCUT2D eigenvalue weighted by Gasteiger charge is -2.15. The molecule has 0 atom stereocenters. The van der Waals surface area contributed by atoms with Crippen molar-refractivity contribution in [2.24, 2.45) is 0 Å². The van der Waals surface area contributed by atoms with E-state index in [0.717, 1.165) is 94.0 Å². The molecular weight excluding hydrogens is 947 g/mol. The van der Waals surface area contributed by atoms with E-state index in [1.807, 2.05) is 18.2 Å². The molecule has 0 aliphatic carbocycles. The van der Waals surface area contributed by atoms with Crippen LogP contribution in [0.15, 0.2) is 253 Å². The van der Waals surface area contributed by atoms with Crippen molar-refractivity contribution in [3.8, 4) is 67.8 Å². The Kier molecular flexibility index (Phi) is 9.40. The molecule has 0 bridgehead atoms. The quantitative estimate of drug-likeness (QED) is 0.160. The summed E-state index contributed by atoms with van der Waals surface area (Å²) in [6.07, 6.45) is 0. The molecule has 0 unspecified atom stereocenters. The third-order valence-electron chi connectivity index (χ3n) is 15.2. The molecule has 0 spiro atoms. The number of furan rings is 1. The van der Waals surface area contributed by atoms with E-state index in [2.05, 4.69) is 240 Å². The predicted molar refractivity (Wildman–Crippen MR) is 316 cm³/mol. The Hall–Kier alpha value is -9.95. The largest absolute Gasteiger partial charge is 0.456 e. The minimum Gasteiger partial charge on any atom is -0.456 e. The van der Waals surface area contributed by atoms with Gasteiger partial charge >= 0.3 is 0 Å². The van der Waals surface area contributed by atoms with Gasteiger partial charge < -0.3 is 13.6 Å². The van der Waals surface area contributed by atoms with Gasteiger partial charge in [0, 0.05) is 74.9 Å². The first-order chi connectivity index (χ1) is 37.7. The first-order valence-corrected chi connectivity index (χ1v) is 26.4. The third-order valence-corrected chi connectivity index (χ3v) is 16.3. The van der Waals surface area contributed by atoms with Gasteiger partial charge in [-0.05, 0) is 89.0 Å². The number of hydrogen-bond donors (Lipinski definition) is 0. The summed E-state index contributed by atoms with van der Waals surface area (Å²) >= 11 is 1.80. The molecule has 7 heteroatoms. The van der Waals surface area contributed by atoms with Crippen molar-refractivity contribution in [2.45, 2.75) is 0 Å². The zero-order valence-corrected chi connectivity index (χ0v) is 41.5. The van der Waals surface area contributed by atoms with Gasteiger partial charge in [0.1, 0.15) is 11.2 Å². The summed E-state index contributed by atoms with van der Waals surface area (Å²) in [4.78, 5) is 16.3. The number of fused-ring (bicyclic) bond motifs is 12. The maximum absolute atomic E-state index is 6.35. The van der Waals surface area contributed by atoms with Gasteiger partial charge in [-0.2, -0.15) is 0 Å². The number of benzene rings is 11. The maximum Gasteiger partial charge on any atom is 0.164 e. The maximum atomic E-state index is 6.35. The molecule has 0 aliphatic heterocycles. The van der Waals surface area contributed by atoms with Crippen molar-refractivity contribution >= 4 is 97.1 Å². The van der Waals surface area contributed by atoms with Crippen molar-refractivity contribution in [2.75, 3.05) is 0 Å². The smallest absolute Gasteiger partial charge is 0.164 e. The normalized spacial score (nSPS) is 11.9. The molecular formula is C69H41N5OS. The number of hydrogen-bond acceptors (Lipinski definition) is 5. The van der Waals surface area contributed by atoms with Crippen LogP contribution in [0.4, 0.5) is 0 Å². The highest BCUT2D eigenvalue weighted by molar-refractivity contribution is 7.25. The lowest BCUT2D eigenvalue weighted by atomic mass is 9.98. The van der Waals surface area contributed by atoms with Crippen LogP contribution < -0.4 is 0 Å². The van der Waals surface area contributed by atoms with Crippen LogP contribution in [0.5, 0.6) is 0 Å². The second-order valence-electron chi connectivity index (χ2n) is 19.5. The van der Waals surface area contributed by atoms with Gasteiger partial charge in [0.2, 0.25) is 0 Å². The van der Waals surface area contributed by atoms with Gasteiger partial charge in [-0.25, -0.2) is 15.0 Å². The summed E-state index contributed by atoms with van der Waals surface area (Å²) in [5, 5.41) is 9.21. The molecule has 16 aromatic rings. The van der Waals surface area contributed by atoms with Crippen LogP contribution in [-0.2, 0) is 0 Å². The Bertz CT molecular complexity index is 5020. The van der Waals surface area contributed by atoms with Gasteiger partial charge in [-0.3, -0.25) is 0 Å². The molecule has 354 valence electrons. The van der Waals surface area contributed by atoms with Crippen LogP contribution in [0.25, 0.3) is 154 Å². The van der Waals surface area contributed by atoms with E-state index < -0.39 is 0 Å². The zero-order chi connectivity index (χ0) is 49.8. The van der Waals surface area contributed by atoms with Crippen molar-refractivity contribution < 1.29 is 4.42 Å². The molecule has 0 amide bonds. The second-order valence-corrected chi connectivity index (χ2v) is 20.6. The van der Waals surface area contributed by atoms with Crippen LogP contribution in [-0.4, -0.2) is 24.1 Å². The fourth-order valence-electron chi connectivity index (χ4n) is 11.8. The van der Waals surface area contributed by atoms with Gasteiger partial charge in [0.05, 0.1) is 27.8 Å². The van der Waals surface area contributed by atoms with Gasteiger partial charge in [0.25, 0.3) is 0 Å². The molecule has 16 rings (SSSR count). The van der Waals surface area contributed by atoms with E-state index in [-0.39, 0.29) is 0 Å². The summed E-state index contributed by atoms with van der Waals surface area (Å²) in [6.45, 7) is 0. The summed E-state index contributed by atoms with van der Waals surface area (Å²) in [6, 6.07) is 88.7. The summed E-state index contributed by atoms with van der Waals surface area (Å²) < 4.78 is 13.7. The van der Waals surface area contributed by atoms with Gasteiger partial charge in [-0.15, -0.1) is 11.3 Å². The van der Waals surface area contributed by atoms with E-state index >= 15 is 0 Å². The minimum absolute atomic E-state index is 0.593. The van der Waals surface area contributed by atoms with Crippen LogP contribution in [0.2, 0.25) is 0 Å². The summed E-state index contributed by atoms with van der Waals surface area (Å²) in [7, 11) is 0. The summed E-state index contributed by atoms with van der Waals surface area (Å²) in [5.41, 5.74) is 15.5. The monoisotopic (exact) mass is 987 g/mol. The molecule has 5 heterocycles. The van der Waals surface area contributed by atoms with Gasteiger partial charge in [-0.1, -0.05) is 182 Å². The van der Waals surface area contributed by atoms with Crippen molar-refractivity contribution in [1.82, 2.24) is 24.1 Å². The van der Waals surface area contributed by atoms with E-state index in [4.69, 9.17) is 19.4 Å². The molecule has 5 aromatic heterocycles. The average molecular weight is 988 g/mol. The highest BCUT2D eigenvalue weighted by Crippen LogP contribution is 2.44. The summed E-state index contributed by atoms with van der Waals surface area (Å²) in [5.74, 6) is 1.80. The first-order valence-electron chi connectivity index (χ1n) is 25.6. The lowest BCUT2D eigenvalue weighted by molar-refractivity contribution is 0.669. The third kappa shape index (κ3) is 6.56. The number of para-hydroxylation sites is 4. The van der Waals surface area contributed by atoms with E-state index in [1.165, 1.54) is 42.1 Å². The average Bonchev–Trinajstić information content (AvgIpc) is 4.30. The van der Waals surface area contributed by atoms with E-state index in [9.17, 15) is 0 Å². The topological polar surface area (TPSA) is 61.7 Å². The molecule has 0 saturated carbocycles. The van der Waals surface area contributed by atoms with E-state index in [0.29, 0.717) is 17.5 Å². The fourth-order valence-corrected chi connectivity index (χ4v) is 13.0. The van der Waals surface area contributed by atoms with Crippen molar-refractivity contribution in [3.63, 3.8) is 0 Å². The molecule has 0 radical (unpaired) electrons. The molecule has 6 nitrogen and oxygen atoms in total. The highest BCUT2D eigenvalue weighted by Gasteiger charge is 2.24. The number of nitrogens with zero attached hydrogens (tertiary/aromatic N) is 5. The highest BCUT2D eigenvalue weighted by atomic mass is 32.1. The fraction of sp³-hybridized carbons (Fsp3) is 0. The number of rotatable bonds is 7. The standard InChI is InChI=1S/C69H41N5OS/c1-2-17-42(18-3-1)43-19-13-22-47(40-43)73-56-30-8-4-23-49(56)52-28-14-33-59(66(52)73)74-57-31-9-5-25-53(57)64-55(29-15-32-58(64)74)69-71-67(70-68(72-69)46-37-38-51-50-24-7-11-36-62(50)76-63(51)41-46)45-21-12-20-44(39-45)48-27-16-35-61-65(48)54-26-6-10-34-60(54)75-61/h1-41H. The molecule has 11 aromatic carbocycles. The molecule has 76 heavy (non-hydrogen) atoms. The van der Waals surface area contributed by atoms with Crippen LogP contribution in [0.1, 0.15) is 0 Å². The Morgan fingerprint density at radius 1 is 0.316 bits per heavy atom. The Morgan fingerprint density at radius 3 is 1.79 bits per heavy atom. The zero-order valence-electron chi connectivity index (χ0n) is 40.7. The Labute approximate surface area is 439 Å². The first kappa shape index (κ1) is 42.5. The number of thiophene rings is 1. The molecule has 0 fully saturated rings. The number of aromatic nitrogens is 5. The van der Waals surface area contributed by atoms with E-state index in [1.54, 1.807) is 11.3 Å². The SMILES string of the molecule is c1ccc(-c2cccc(-n3c4ccccc4c4cccc(-n5c6ccccc6c6c(-c7nc(-c8cccc(-c9cccc%10oc%11ccccc%11c9%10)c8)nc(-c8ccc9c(c8)sc8ccccc89)n7)cccc65)c43)c2)cc1. The minimum atomic E-state index is 0.593. The van der Waals surface area contributed by atoms with Gasteiger partial charge in [0.15, 0.2) is 17.5 Å². The molecule has 0 N–H and O–H groups in total.